The molecule has 0 fully saturated rings. The third-order valence-electron chi connectivity index (χ3n) is 3.17. The van der Waals surface area contributed by atoms with Crippen molar-refractivity contribution < 1.29 is 0 Å². The van der Waals surface area contributed by atoms with E-state index >= 15 is 0 Å². The number of halogens is 1. The minimum atomic E-state index is -1.20. The van der Waals surface area contributed by atoms with Gasteiger partial charge in [0.05, 0.1) is 0 Å². The van der Waals surface area contributed by atoms with Gasteiger partial charge in [-0.15, -0.1) is 0 Å². The average Bonchev–Trinajstić information content (AvgIpc) is 2.38. The molecule has 0 heterocycles. The van der Waals surface area contributed by atoms with Gasteiger partial charge >= 0.3 is 137 Å². The van der Waals surface area contributed by atoms with Crippen molar-refractivity contribution in [3.8, 4) is 0 Å². The molecule has 0 saturated carbocycles. The molecule has 0 bridgehead atoms. The Kier molecular flexibility index (Phi) is 8.20. The van der Waals surface area contributed by atoms with Crippen LogP contribution in [0.2, 0.25) is 24.7 Å². The number of hydrogen-bond donors (Lipinski definition) is 0. The molecule has 1 aromatic rings. The van der Waals surface area contributed by atoms with Crippen LogP contribution >= 0.6 is 11.6 Å². The standard InChI is InChI=1S/C17H27ClSeSi/c1-5-6-7-8-9-10-17(20(2,3)4)19-16-13-11-15(18)12-14-16/h10-14H,5-9H2,1-4H3/b17-10-. The number of hydrogen-bond acceptors (Lipinski definition) is 0. The van der Waals surface area contributed by atoms with Gasteiger partial charge in [-0.2, -0.15) is 0 Å². The maximum atomic E-state index is 5.97. The Morgan fingerprint density at radius 2 is 1.75 bits per heavy atom. The Labute approximate surface area is 137 Å². The number of allylic oxidation sites excluding steroid dienone is 1. The Morgan fingerprint density at radius 1 is 1.10 bits per heavy atom. The third kappa shape index (κ3) is 7.13. The van der Waals surface area contributed by atoms with Crippen LogP contribution in [0.15, 0.2) is 34.4 Å². The molecule has 1 aromatic carbocycles. The number of unbranched alkanes of at least 4 members (excludes halogenated alkanes) is 4. The van der Waals surface area contributed by atoms with Crippen LogP contribution in [0.3, 0.4) is 0 Å². The molecule has 0 nitrogen and oxygen atoms in total. The van der Waals surface area contributed by atoms with Crippen LogP contribution in [0.4, 0.5) is 0 Å². The van der Waals surface area contributed by atoms with Crippen LogP contribution in [0.5, 0.6) is 0 Å². The van der Waals surface area contributed by atoms with Crippen molar-refractivity contribution in [1.82, 2.24) is 0 Å². The first-order chi connectivity index (χ1) is 9.43. The summed E-state index contributed by atoms with van der Waals surface area (Å²) in [5.74, 6) is 0. The molecule has 0 saturated heterocycles. The van der Waals surface area contributed by atoms with E-state index in [9.17, 15) is 0 Å². The van der Waals surface area contributed by atoms with Gasteiger partial charge in [-0.05, 0) is 0 Å². The Morgan fingerprint density at radius 3 is 2.30 bits per heavy atom. The summed E-state index contributed by atoms with van der Waals surface area (Å²) >= 11 is 6.44. The molecule has 0 atom stereocenters. The van der Waals surface area contributed by atoms with Gasteiger partial charge in [0.1, 0.15) is 0 Å². The first kappa shape index (κ1) is 18.0. The van der Waals surface area contributed by atoms with Crippen molar-refractivity contribution in [2.45, 2.75) is 58.7 Å². The molecule has 20 heavy (non-hydrogen) atoms. The Balaban J connectivity index is 2.65. The normalized spacial score (nSPS) is 12.8. The van der Waals surface area contributed by atoms with Gasteiger partial charge in [-0.1, -0.05) is 0 Å². The summed E-state index contributed by atoms with van der Waals surface area (Å²) in [6, 6.07) is 8.41. The summed E-state index contributed by atoms with van der Waals surface area (Å²) in [6.45, 7) is 9.65. The second-order valence-corrected chi connectivity index (χ2v) is 14.8. The monoisotopic (exact) mass is 374 g/mol. The SMILES string of the molecule is CCCCCC/C=C(/[Se]c1ccc(Cl)cc1)[Si](C)(C)C. The molecule has 0 N–H and O–H groups in total. The van der Waals surface area contributed by atoms with Crippen molar-refractivity contribution in [3.63, 3.8) is 0 Å². The van der Waals surface area contributed by atoms with Crippen molar-refractivity contribution in [3.05, 3.63) is 39.5 Å². The first-order valence-corrected chi connectivity index (χ1v) is 13.2. The summed E-state index contributed by atoms with van der Waals surface area (Å²) in [4.78, 5) is 0. The first-order valence-electron chi connectivity index (χ1n) is 7.57. The van der Waals surface area contributed by atoms with E-state index < -0.39 is 8.07 Å². The molecule has 0 unspecified atom stereocenters. The molecular formula is C17H27ClSeSi. The van der Waals surface area contributed by atoms with Crippen LogP contribution in [0.25, 0.3) is 0 Å². The van der Waals surface area contributed by atoms with Gasteiger partial charge < -0.3 is 0 Å². The second kappa shape index (κ2) is 9.10. The van der Waals surface area contributed by atoms with Crippen LogP contribution in [-0.2, 0) is 0 Å². The fourth-order valence-corrected chi connectivity index (χ4v) is 7.19. The van der Waals surface area contributed by atoms with E-state index in [1.54, 1.807) is 4.09 Å². The van der Waals surface area contributed by atoms with E-state index in [1.165, 1.54) is 36.6 Å². The molecule has 0 aliphatic carbocycles. The predicted molar refractivity (Wildman–Crippen MR) is 97.0 cm³/mol. The molecule has 1 rings (SSSR count). The van der Waals surface area contributed by atoms with Crippen molar-refractivity contribution in [2.75, 3.05) is 0 Å². The number of benzene rings is 1. The molecule has 3 heteroatoms. The van der Waals surface area contributed by atoms with Crippen molar-refractivity contribution >= 4 is 39.1 Å². The predicted octanol–water partition coefficient (Wildman–Crippen LogP) is 5.40. The van der Waals surface area contributed by atoms with E-state index in [4.69, 9.17) is 11.6 Å². The molecule has 0 radical (unpaired) electrons. The van der Waals surface area contributed by atoms with Gasteiger partial charge in [0.15, 0.2) is 0 Å². The fourth-order valence-electron chi connectivity index (χ4n) is 1.93. The van der Waals surface area contributed by atoms with Gasteiger partial charge in [-0.3, -0.25) is 0 Å². The summed E-state index contributed by atoms with van der Waals surface area (Å²) in [5, 5.41) is 0.836. The molecule has 112 valence electrons. The van der Waals surface area contributed by atoms with E-state index in [-0.39, 0.29) is 0 Å². The minimum absolute atomic E-state index is 0.472. The molecule has 0 spiro atoms. The van der Waals surface area contributed by atoms with Crippen LogP contribution in [-0.4, -0.2) is 23.0 Å². The maximum absolute atomic E-state index is 5.97. The fraction of sp³-hybridized carbons (Fsp3) is 0.529. The summed E-state index contributed by atoms with van der Waals surface area (Å²) in [5.41, 5.74) is 0. The van der Waals surface area contributed by atoms with Gasteiger partial charge in [0.2, 0.25) is 0 Å². The Hall–Kier alpha value is -0.0136. The zero-order valence-electron chi connectivity index (χ0n) is 13.2. The zero-order valence-corrected chi connectivity index (χ0v) is 16.7. The van der Waals surface area contributed by atoms with Gasteiger partial charge in [0, 0.05) is 0 Å². The average molecular weight is 374 g/mol. The van der Waals surface area contributed by atoms with E-state index in [0.29, 0.717) is 15.0 Å². The third-order valence-corrected chi connectivity index (χ3v) is 11.4. The molecule has 0 aromatic heterocycles. The molecule has 0 aliphatic heterocycles. The number of rotatable bonds is 8. The summed E-state index contributed by atoms with van der Waals surface area (Å²) < 4.78 is 3.19. The van der Waals surface area contributed by atoms with Crippen LogP contribution in [0.1, 0.15) is 39.0 Å². The quantitative estimate of drug-likeness (QED) is 0.422. The summed E-state index contributed by atoms with van der Waals surface area (Å²) in [6.07, 6.45) is 9.22. The van der Waals surface area contributed by atoms with Gasteiger partial charge in [0.25, 0.3) is 0 Å². The Bertz CT molecular complexity index is 418. The van der Waals surface area contributed by atoms with Crippen molar-refractivity contribution in [1.29, 1.82) is 0 Å². The zero-order chi connectivity index (χ0) is 15.0. The molecule has 0 aliphatic rings. The van der Waals surface area contributed by atoms with E-state index in [2.05, 4.69) is 44.8 Å². The van der Waals surface area contributed by atoms with Crippen LogP contribution < -0.4 is 4.46 Å². The van der Waals surface area contributed by atoms with Crippen molar-refractivity contribution in [2.24, 2.45) is 0 Å². The van der Waals surface area contributed by atoms with E-state index in [0.717, 1.165) is 5.02 Å². The topological polar surface area (TPSA) is 0 Å². The second-order valence-electron chi connectivity index (χ2n) is 6.22. The van der Waals surface area contributed by atoms with Crippen LogP contribution in [0, 0.1) is 0 Å². The van der Waals surface area contributed by atoms with Gasteiger partial charge in [-0.25, -0.2) is 0 Å². The molecule has 0 amide bonds. The summed E-state index contributed by atoms with van der Waals surface area (Å²) in [7, 11) is -1.20. The molecular weight excluding hydrogens is 347 g/mol. The van der Waals surface area contributed by atoms with E-state index in [1.807, 2.05) is 12.1 Å².